The van der Waals surface area contributed by atoms with E-state index in [0.717, 1.165) is 31.7 Å². The van der Waals surface area contributed by atoms with Crippen LogP contribution in [0.5, 0.6) is 0 Å². The van der Waals surface area contributed by atoms with Crippen molar-refractivity contribution in [2.24, 2.45) is 4.99 Å². The number of carbonyl (C=O) groups is 1. The summed E-state index contributed by atoms with van der Waals surface area (Å²) in [4.78, 5) is 19.8. The molecule has 1 heterocycles. The molecule has 1 aliphatic rings. The molecule has 1 amide bonds. The molecular weight excluding hydrogens is 441 g/mol. The Bertz CT molecular complexity index is 604. The first-order valence-corrected chi connectivity index (χ1v) is 8.24. The number of amides is 1. The molecule has 0 saturated carbocycles. The van der Waals surface area contributed by atoms with Crippen LogP contribution in [-0.2, 0) is 11.2 Å². The Morgan fingerprint density at radius 3 is 2.40 bits per heavy atom. The minimum atomic E-state index is -0.573. The van der Waals surface area contributed by atoms with Crippen molar-refractivity contribution >= 4 is 35.8 Å². The van der Waals surface area contributed by atoms with Gasteiger partial charge in [0, 0.05) is 52.3 Å². The first kappa shape index (κ1) is 21.6. The summed E-state index contributed by atoms with van der Waals surface area (Å²) >= 11 is 0. The van der Waals surface area contributed by atoms with E-state index in [4.69, 9.17) is 0 Å². The lowest BCUT2D eigenvalue weighted by Crippen LogP contribution is -2.53. The van der Waals surface area contributed by atoms with Gasteiger partial charge in [0.05, 0.1) is 0 Å². The number of benzene rings is 1. The molecule has 1 aromatic rings. The molecule has 0 aliphatic carbocycles. The molecule has 5 nitrogen and oxygen atoms in total. The molecule has 1 aromatic carbocycles. The van der Waals surface area contributed by atoms with E-state index in [1.165, 1.54) is 12.1 Å². The van der Waals surface area contributed by atoms with Crippen molar-refractivity contribution in [2.75, 3.05) is 39.3 Å². The predicted octanol–water partition coefficient (Wildman–Crippen LogP) is 2.25. The normalized spacial score (nSPS) is 15.0. The van der Waals surface area contributed by atoms with Crippen molar-refractivity contribution in [2.45, 2.75) is 20.3 Å². The van der Waals surface area contributed by atoms with Gasteiger partial charge in [-0.2, -0.15) is 0 Å². The molecule has 1 aliphatic heterocycles. The van der Waals surface area contributed by atoms with Gasteiger partial charge in [-0.1, -0.05) is 6.07 Å². The zero-order valence-electron chi connectivity index (χ0n) is 14.6. The number of hydrogen-bond donors (Lipinski definition) is 1. The number of nitrogens with zero attached hydrogens (tertiary/aromatic N) is 3. The standard InChI is InChI=1S/C17H24F2N4O.HI/c1-3-20-17(23-10-8-22(9-11-23)13(2)24)21-7-6-14-4-5-15(18)12-16(14)19;/h4-5,12H,3,6-11H2,1-2H3,(H,20,21);1H. The number of piperazine rings is 1. The van der Waals surface area contributed by atoms with Gasteiger partial charge in [-0.3, -0.25) is 9.79 Å². The van der Waals surface area contributed by atoms with Crippen LogP contribution < -0.4 is 5.32 Å². The quantitative estimate of drug-likeness (QED) is 0.421. The minimum absolute atomic E-state index is 0. The molecule has 0 unspecified atom stereocenters. The second kappa shape index (κ2) is 10.5. The van der Waals surface area contributed by atoms with Crippen LogP contribution in [0.3, 0.4) is 0 Å². The first-order valence-electron chi connectivity index (χ1n) is 8.24. The molecule has 0 aromatic heterocycles. The van der Waals surface area contributed by atoms with Gasteiger partial charge in [0.1, 0.15) is 11.6 Å². The summed E-state index contributed by atoms with van der Waals surface area (Å²) in [6, 6.07) is 3.61. The van der Waals surface area contributed by atoms with Crippen LogP contribution >= 0.6 is 24.0 Å². The smallest absolute Gasteiger partial charge is 0.219 e. The van der Waals surface area contributed by atoms with Crippen LogP contribution in [-0.4, -0.2) is 60.9 Å². The molecule has 140 valence electrons. The molecule has 1 saturated heterocycles. The second-order valence-electron chi connectivity index (χ2n) is 5.71. The Morgan fingerprint density at radius 2 is 1.84 bits per heavy atom. The van der Waals surface area contributed by atoms with Gasteiger partial charge in [-0.05, 0) is 25.0 Å². The fourth-order valence-electron chi connectivity index (χ4n) is 2.67. The maximum absolute atomic E-state index is 13.6. The van der Waals surface area contributed by atoms with E-state index < -0.39 is 11.6 Å². The maximum Gasteiger partial charge on any atom is 0.219 e. The number of hydrogen-bond acceptors (Lipinski definition) is 2. The van der Waals surface area contributed by atoms with E-state index in [2.05, 4.69) is 15.2 Å². The highest BCUT2D eigenvalue weighted by Crippen LogP contribution is 2.10. The Morgan fingerprint density at radius 1 is 1.20 bits per heavy atom. The van der Waals surface area contributed by atoms with Gasteiger partial charge in [0.15, 0.2) is 5.96 Å². The van der Waals surface area contributed by atoms with Crippen molar-refractivity contribution in [1.29, 1.82) is 0 Å². The highest BCUT2D eigenvalue weighted by Gasteiger charge is 2.20. The Labute approximate surface area is 164 Å². The third-order valence-electron chi connectivity index (χ3n) is 4.02. The van der Waals surface area contributed by atoms with Crippen molar-refractivity contribution in [3.05, 3.63) is 35.4 Å². The zero-order valence-corrected chi connectivity index (χ0v) is 16.9. The van der Waals surface area contributed by atoms with E-state index in [1.807, 2.05) is 11.8 Å². The number of guanidine groups is 1. The summed E-state index contributed by atoms with van der Waals surface area (Å²) in [5, 5.41) is 3.23. The summed E-state index contributed by atoms with van der Waals surface area (Å²) in [6.45, 7) is 7.49. The Hall–Kier alpha value is -1.45. The number of halogens is 3. The molecule has 0 atom stereocenters. The lowest BCUT2D eigenvalue weighted by molar-refractivity contribution is -0.130. The van der Waals surface area contributed by atoms with E-state index in [-0.39, 0.29) is 29.9 Å². The number of aliphatic imine (C=N–C) groups is 1. The Kier molecular flexibility index (Phi) is 9.09. The lowest BCUT2D eigenvalue weighted by atomic mass is 10.1. The van der Waals surface area contributed by atoms with Gasteiger partial charge < -0.3 is 15.1 Å². The van der Waals surface area contributed by atoms with Crippen molar-refractivity contribution in [1.82, 2.24) is 15.1 Å². The molecule has 2 rings (SSSR count). The van der Waals surface area contributed by atoms with Gasteiger partial charge in [0.25, 0.3) is 0 Å². The highest BCUT2D eigenvalue weighted by atomic mass is 127. The monoisotopic (exact) mass is 466 g/mol. The largest absolute Gasteiger partial charge is 0.357 e. The van der Waals surface area contributed by atoms with E-state index in [0.29, 0.717) is 31.6 Å². The third kappa shape index (κ3) is 6.41. The predicted molar refractivity (Wildman–Crippen MR) is 105 cm³/mol. The average molecular weight is 466 g/mol. The van der Waals surface area contributed by atoms with Crippen LogP contribution in [0.1, 0.15) is 19.4 Å². The third-order valence-corrected chi connectivity index (χ3v) is 4.02. The van der Waals surface area contributed by atoms with E-state index in [9.17, 15) is 13.6 Å². The van der Waals surface area contributed by atoms with Crippen LogP contribution in [0.15, 0.2) is 23.2 Å². The lowest BCUT2D eigenvalue weighted by Gasteiger charge is -2.36. The topological polar surface area (TPSA) is 47.9 Å². The van der Waals surface area contributed by atoms with E-state index >= 15 is 0 Å². The van der Waals surface area contributed by atoms with Crippen molar-refractivity contribution < 1.29 is 13.6 Å². The van der Waals surface area contributed by atoms with Gasteiger partial charge in [-0.25, -0.2) is 8.78 Å². The van der Waals surface area contributed by atoms with Gasteiger partial charge in [0.2, 0.25) is 5.91 Å². The van der Waals surface area contributed by atoms with Crippen LogP contribution in [0, 0.1) is 11.6 Å². The fourth-order valence-corrected chi connectivity index (χ4v) is 2.67. The van der Waals surface area contributed by atoms with E-state index in [1.54, 1.807) is 6.92 Å². The highest BCUT2D eigenvalue weighted by molar-refractivity contribution is 14.0. The summed E-state index contributed by atoms with van der Waals surface area (Å²) in [7, 11) is 0. The number of nitrogens with one attached hydrogen (secondary N) is 1. The van der Waals surface area contributed by atoms with Crippen molar-refractivity contribution in [3.8, 4) is 0 Å². The zero-order chi connectivity index (χ0) is 17.5. The van der Waals surface area contributed by atoms with Crippen LogP contribution in [0.4, 0.5) is 8.78 Å². The number of carbonyl (C=O) groups excluding carboxylic acids is 1. The summed E-state index contributed by atoms with van der Waals surface area (Å²) in [5.74, 6) is -0.256. The summed E-state index contributed by atoms with van der Waals surface area (Å²) in [5.41, 5.74) is 0.456. The molecule has 1 N–H and O–H groups in total. The molecule has 0 radical (unpaired) electrons. The maximum atomic E-state index is 13.6. The SMILES string of the molecule is CCNC(=NCCc1ccc(F)cc1F)N1CCN(C(C)=O)CC1.I. The summed E-state index contributed by atoms with van der Waals surface area (Å²) in [6.07, 6.45) is 0.411. The molecule has 25 heavy (non-hydrogen) atoms. The van der Waals surface area contributed by atoms with Gasteiger partial charge >= 0.3 is 0 Å². The Balaban J connectivity index is 0.00000312. The minimum Gasteiger partial charge on any atom is -0.357 e. The summed E-state index contributed by atoms with van der Waals surface area (Å²) < 4.78 is 26.6. The van der Waals surface area contributed by atoms with Crippen molar-refractivity contribution in [3.63, 3.8) is 0 Å². The molecule has 8 heteroatoms. The first-order chi connectivity index (χ1) is 11.5. The molecule has 0 bridgehead atoms. The molecule has 0 spiro atoms. The molecule has 1 fully saturated rings. The number of rotatable bonds is 4. The van der Waals surface area contributed by atoms with Crippen LogP contribution in [0.25, 0.3) is 0 Å². The van der Waals surface area contributed by atoms with Gasteiger partial charge in [-0.15, -0.1) is 24.0 Å². The second-order valence-corrected chi connectivity index (χ2v) is 5.71. The van der Waals surface area contributed by atoms with Crippen LogP contribution in [0.2, 0.25) is 0 Å². The fraction of sp³-hybridized carbons (Fsp3) is 0.529. The molecular formula is C17H25F2IN4O. The average Bonchev–Trinajstić information content (AvgIpc) is 2.56.